The summed E-state index contributed by atoms with van der Waals surface area (Å²) in [5.74, 6) is -1.35. The number of rotatable bonds is 4. The molecule has 7 nitrogen and oxygen atoms in total. The van der Waals surface area contributed by atoms with Gasteiger partial charge in [0.1, 0.15) is 6.04 Å². The molecule has 1 aromatic rings. The van der Waals surface area contributed by atoms with Gasteiger partial charge in [0.25, 0.3) is 0 Å². The lowest BCUT2D eigenvalue weighted by Crippen LogP contribution is -2.49. The number of hydrogen-bond acceptors (Lipinski definition) is 4. The number of amides is 1. The topological polar surface area (TPSA) is 104 Å². The second-order valence-electron chi connectivity index (χ2n) is 6.24. The van der Waals surface area contributed by atoms with Crippen molar-refractivity contribution in [2.24, 2.45) is 0 Å². The molecule has 8 heteroatoms. The molecule has 0 bridgehead atoms. The number of allylic oxidation sites excluding steroid dienone is 1. The number of carboxylic acid groups (broad SMARTS) is 1. The molecule has 1 unspecified atom stereocenters. The predicted molar refractivity (Wildman–Crippen MR) is 90.2 cm³/mol. The Morgan fingerprint density at radius 1 is 1.20 bits per heavy atom. The number of nitrogens with zero attached hydrogens (tertiary/aromatic N) is 1. The van der Waals surface area contributed by atoms with Crippen LogP contribution >= 0.6 is 0 Å². The van der Waals surface area contributed by atoms with Gasteiger partial charge in [-0.2, -0.15) is 0 Å². The number of sulfonamides is 1. The minimum Gasteiger partial charge on any atom is -0.480 e. The molecule has 3 atom stereocenters. The molecule has 2 aliphatic heterocycles. The van der Waals surface area contributed by atoms with Crippen LogP contribution in [0, 0.1) is 0 Å². The molecule has 0 saturated carbocycles. The second-order valence-corrected chi connectivity index (χ2v) is 7.96. The molecule has 1 aromatic carbocycles. The third-order valence-corrected chi connectivity index (χ3v) is 6.14. The Hall–Kier alpha value is -2.19. The minimum absolute atomic E-state index is 0.0612. The average Bonchev–Trinajstić information content (AvgIpc) is 2.91. The van der Waals surface area contributed by atoms with Crippen LogP contribution in [0.25, 0.3) is 0 Å². The maximum atomic E-state index is 12.6. The monoisotopic (exact) mass is 364 g/mol. The summed E-state index contributed by atoms with van der Waals surface area (Å²) in [6.07, 6.45) is 5.05. The van der Waals surface area contributed by atoms with Crippen molar-refractivity contribution in [2.45, 2.75) is 48.7 Å². The Balaban J connectivity index is 1.90. The standard InChI is InChI=1S/C17H20N2O5S/c20-16-10-6-2-5-9-14-13(11-15(17(21)22)19(14)16)18-25(23,24)12-7-3-1-4-8-12/h1-5,7-8,13-15,18H,6,9-11H2,(H,21,22)/t13?,14-,15-/m0/s1. The molecule has 25 heavy (non-hydrogen) atoms. The maximum absolute atomic E-state index is 12.6. The molecule has 0 spiro atoms. The van der Waals surface area contributed by atoms with E-state index in [-0.39, 0.29) is 23.6 Å². The summed E-state index contributed by atoms with van der Waals surface area (Å²) in [6.45, 7) is 0. The molecule has 134 valence electrons. The molecule has 1 saturated heterocycles. The highest BCUT2D eigenvalue weighted by Gasteiger charge is 2.47. The van der Waals surface area contributed by atoms with Gasteiger partial charge in [0, 0.05) is 12.5 Å². The van der Waals surface area contributed by atoms with Crippen molar-refractivity contribution in [3.63, 3.8) is 0 Å². The highest BCUT2D eigenvalue weighted by molar-refractivity contribution is 7.89. The summed E-state index contributed by atoms with van der Waals surface area (Å²) in [7, 11) is -3.79. The molecule has 1 amide bonds. The summed E-state index contributed by atoms with van der Waals surface area (Å²) in [5.41, 5.74) is 0. The molecule has 3 rings (SSSR count). The number of carboxylic acids is 1. The van der Waals surface area contributed by atoms with Crippen LogP contribution in [0.15, 0.2) is 47.4 Å². The van der Waals surface area contributed by atoms with E-state index in [4.69, 9.17) is 0 Å². The van der Waals surface area contributed by atoms with Gasteiger partial charge in [0.05, 0.1) is 10.9 Å². The SMILES string of the molecule is O=C(O)[C@@H]1CC(NS(=O)(=O)c2ccccc2)[C@@H]2CC=CCCC(=O)N12. The van der Waals surface area contributed by atoms with Crippen LogP contribution in [-0.4, -0.2) is 48.4 Å². The number of carbonyl (C=O) groups excluding carboxylic acids is 1. The van der Waals surface area contributed by atoms with Gasteiger partial charge >= 0.3 is 5.97 Å². The zero-order chi connectivity index (χ0) is 18.0. The zero-order valence-corrected chi connectivity index (χ0v) is 14.4. The Morgan fingerprint density at radius 2 is 1.92 bits per heavy atom. The first-order valence-corrected chi connectivity index (χ1v) is 9.65. The van der Waals surface area contributed by atoms with E-state index in [1.54, 1.807) is 18.2 Å². The number of fused-ring (bicyclic) bond motifs is 1. The number of hydrogen-bond donors (Lipinski definition) is 2. The first kappa shape index (κ1) is 17.6. The molecular weight excluding hydrogens is 344 g/mol. The quantitative estimate of drug-likeness (QED) is 0.780. The van der Waals surface area contributed by atoms with Crippen molar-refractivity contribution < 1.29 is 23.1 Å². The van der Waals surface area contributed by atoms with Gasteiger partial charge in [-0.15, -0.1) is 0 Å². The Kier molecular flexibility index (Phi) is 4.91. The van der Waals surface area contributed by atoms with Gasteiger partial charge in [-0.25, -0.2) is 17.9 Å². The van der Waals surface area contributed by atoms with Gasteiger partial charge in [-0.05, 0) is 31.4 Å². The molecule has 2 heterocycles. The van der Waals surface area contributed by atoms with Crippen molar-refractivity contribution in [3.05, 3.63) is 42.5 Å². The van der Waals surface area contributed by atoms with Gasteiger partial charge in [0.2, 0.25) is 15.9 Å². The van der Waals surface area contributed by atoms with Crippen LogP contribution in [0.2, 0.25) is 0 Å². The van der Waals surface area contributed by atoms with Crippen LogP contribution in [0.1, 0.15) is 25.7 Å². The molecule has 0 aromatic heterocycles. The summed E-state index contributed by atoms with van der Waals surface area (Å²) in [4.78, 5) is 25.5. The molecule has 2 aliphatic rings. The largest absolute Gasteiger partial charge is 0.480 e. The van der Waals surface area contributed by atoms with E-state index < -0.39 is 34.1 Å². The lowest BCUT2D eigenvalue weighted by atomic mass is 10.0. The van der Waals surface area contributed by atoms with Gasteiger partial charge < -0.3 is 10.0 Å². The number of aliphatic carboxylic acids is 1. The van der Waals surface area contributed by atoms with E-state index in [2.05, 4.69) is 4.72 Å². The molecule has 0 aliphatic carbocycles. The van der Waals surface area contributed by atoms with Gasteiger partial charge in [-0.3, -0.25) is 4.79 Å². The molecule has 2 N–H and O–H groups in total. The van der Waals surface area contributed by atoms with E-state index in [0.29, 0.717) is 12.8 Å². The molecular formula is C17H20N2O5S. The number of nitrogens with one attached hydrogen (secondary N) is 1. The van der Waals surface area contributed by atoms with E-state index in [1.165, 1.54) is 17.0 Å². The molecule has 0 radical (unpaired) electrons. The van der Waals surface area contributed by atoms with E-state index >= 15 is 0 Å². The minimum atomic E-state index is -3.79. The predicted octanol–water partition coefficient (Wildman–Crippen LogP) is 1.13. The van der Waals surface area contributed by atoms with Crippen molar-refractivity contribution in [1.82, 2.24) is 9.62 Å². The summed E-state index contributed by atoms with van der Waals surface area (Å²) in [6, 6.07) is 5.78. The Labute approximate surface area is 146 Å². The third kappa shape index (κ3) is 3.59. The maximum Gasteiger partial charge on any atom is 0.326 e. The summed E-state index contributed by atoms with van der Waals surface area (Å²) in [5, 5.41) is 9.48. The van der Waals surface area contributed by atoms with E-state index in [0.717, 1.165) is 0 Å². The Morgan fingerprint density at radius 3 is 2.60 bits per heavy atom. The van der Waals surface area contributed by atoms with Crippen molar-refractivity contribution in [3.8, 4) is 0 Å². The van der Waals surface area contributed by atoms with Crippen molar-refractivity contribution in [1.29, 1.82) is 0 Å². The Bertz CT molecular complexity index is 791. The van der Waals surface area contributed by atoms with Crippen LogP contribution in [-0.2, 0) is 19.6 Å². The lowest BCUT2D eigenvalue weighted by Gasteiger charge is -2.30. The third-order valence-electron chi connectivity index (χ3n) is 4.64. The summed E-state index contributed by atoms with van der Waals surface area (Å²) < 4.78 is 27.8. The van der Waals surface area contributed by atoms with Gasteiger partial charge in [0.15, 0.2) is 0 Å². The van der Waals surface area contributed by atoms with Gasteiger partial charge in [-0.1, -0.05) is 30.4 Å². The fourth-order valence-electron chi connectivity index (χ4n) is 3.48. The van der Waals surface area contributed by atoms with E-state index in [9.17, 15) is 23.1 Å². The smallest absolute Gasteiger partial charge is 0.326 e. The average molecular weight is 364 g/mol. The van der Waals surface area contributed by atoms with Crippen LogP contribution in [0.4, 0.5) is 0 Å². The van der Waals surface area contributed by atoms with Crippen LogP contribution in [0.3, 0.4) is 0 Å². The lowest BCUT2D eigenvalue weighted by molar-refractivity contribution is -0.149. The van der Waals surface area contributed by atoms with Crippen LogP contribution < -0.4 is 4.72 Å². The first-order chi connectivity index (χ1) is 11.9. The normalized spacial score (nSPS) is 26.8. The first-order valence-electron chi connectivity index (χ1n) is 8.16. The second kappa shape index (κ2) is 6.97. The van der Waals surface area contributed by atoms with Crippen molar-refractivity contribution in [2.75, 3.05) is 0 Å². The van der Waals surface area contributed by atoms with Crippen LogP contribution in [0.5, 0.6) is 0 Å². The van der Waals surface area contributed by atoms with E-state index in [1.807, 2.05) is 12.2 Å². The molecule has 1 fully saturated rings. The summed E-state index contributed by atoms with van der Waals surface area (Å²) >= 11 is 0. The number of benzene rings is 1. The highest BCUT2D eigenvalue weighted by Crippen LogP contribution is 2.31. The fraction of sp³-hybridized carbons (Fsp3) is 0.412. The van der Waals surface area contributed by atoms with Crippen molar-refractivity contribution >= 4 is 21.9 Å². The number of carbonyl (C=O) groups is 2. The highest BCUT2D eigenvalue weighted by atomic mass is 32.2. The fourth-order valence-corrected chi connectivity index (χ4v) is 4.78. The zero-order valence-electron chi connectivity index (χ0n) is 13.5.